The number of hydrogen-bond donors (Lipinski definition) is 1. The van der Waals surface area contributed by atoms with E-state index in [1.165, 1.54) is 0 Å². The fourth-order valence-corrected chi connectivity index (χ4v) is 2.73. The van der Waals surface area contributed by atoms with E-state index >= 15 is 0 Å². The molecule has 0 heterocycles. The summed E-state index contributed by atoms with van der Waals surface area (Å²) in [5.41, 5.74) is -4.03. The van der Waals surface area contributed by atoms with Crippen LogP contribution in [0.5, 0.6) is 0 Å². The van der Waals surface area contributed by atoms with E-state index in [9.17, 15) is 18.0 Å². The molecule has 2 nitrogen and oxygen atoms in total. The van der Waals surface area contributed by atoms with E-state index in [0.29, 0.717) is 5.02 Å². The smallest absolute Gasteiger partial charge is 0.346 e. The van der Waals surface area contributed by atoms with Gasteiger partial charge in [-0.15, -0.1) is 0 Å². The van der Waals surface area contributed by atoms with Crippen LogP contribution in [0.15, 0.2) is 24.3 Å². The van der Waals surface area contributed by atoms with E-state index < -0.39 is 22.7 Å². The zero-order valence-electron chi connectivity index (χ0n) is 10.5. The van der Waals surface area contributed by atoms with Crippen molar-refractivity contribution in [3.8, 4) is 0 Å². The largest absolute Gasteiger partial charge is 0.442 e. The molecule has 1 amide bonds. The number of nitrogens with one attached hydrogen (secondary N) is 1. The molecule has 110 valence electrons. The Bertz CT molecular complexity index is 485. The van der Waals surface area contributed by atoms with Crippen molar-refractivity contribution in [3.63, 3.8) is 0 Å². The van der Waals surface area contributed by atoms with Crippen LogP contribution in [0.2, 0.25) is 5.02 Å². The van der Waals surface area contributed by atoms with Gasteiger partial charge in [-0.25, -0.2) is 0 Å². The molecule has 0 aliphatic heterocycles. The summed E-state index contributed by atoms with van der Waals surface area (Å²) in [6, 6.07) is 7.04. The molecule has 1 N–H and O–H groups in total. The summed E-state index contributed by atoms with van der Waals surface area (Å²) in [5.74, 6) is -1.21. The predicted molar refractivity (Wildman–Crippen MR) is 73.6 cm³/mol. The zero-order chi connectivity index (χ0) is 14.8. The normalized spacial score (nSPS) is 17.4. The molecule has 1 aliphatic rings. The molecule has 1 fully saturated rings. The van der Waals surface area contributed by atoms with Crippen LogP contribution < -0.4 is 5.32 Å². The van der Waals surface area contributed by atoms with Gasteiger partial charge in [0, 0.05) is 5.02 Å². The summed E-state index contributed by atoms with van der Waals surface area (Å²) in [6.45, 7) is 0. The van der Waals surface area contributed by atoms with Gasteiger partial charge in [-0.1, -0.05) is 23.7 Å². The van der Waals surface area contributed by atoms with Gasteiger partial charge < -0.3 is 5.32 Å². The number of benzene rings is 1. The van der Waals surface area contributed by atoms with E-state index in [1.807, 2.05) is 0 Å². The van der Waals surface area contributed by atoms with Gasteiger partial charge in [-0.2, -0.15) is 13.2 Å². The summed E-state index contributed by atoms with van der Waals surface area (Å²) in [6.07, 6.45) is 2.41. The fraction of sp³-hybridized carbons (Fsp3) is 0.462. The number of thioether (sulfide) groups is 1. The third-order valence-electron chi connectivity index (χ3n) is 3.35. The van der Waals surface area contributed by atoms with Crippen molar-refractivity contribution in [1.82, 2.24) is 5.32 Å². The average Bonchev–Trinajstić information content (AvgIpc) is 2.32. The van der Waals surface area contributed by atoms with Crippen molar-refractivity contribution in [2.75, 3.05) is 5.75 Å². The van der Waals surface area contributed by atoms with Gasteiger partial charge in [-0.3, -0.25) is 4.79 Å². The molecule has 0 saturated heterocycles. The van der Waals surface area contributed by atoms with Gasteiger partial charge in [0.2, 0.25) is 5.91 Å². The zero-order valence-corrected chi connectivity index (χ0v) is 12.0. The third-order valence-corrected chi connectivity index (χ3v) is 4.34. The van der Waals surface area contributed by atoms with Crippen molar-refractivity contribution >= 4 is 29.3 Å². The minimum atomic E-state index is -4.38. The van der Waals surface area contributed by atoms with Crippen molar-refractivity contribution in [1.29, 1.82) is 0 Å². The van der Waals surface area contributed by atoms with Gasteiger partial charge in [-0.05, 0) is 48.7 Å². The van der Waals surface area contributed by atoms with Crippen LogP contribution in [-0.4, -0.2) is 17.2 Å². The molecule has 0 aromatic heterocycles. The first-order valence-electron chi connectivity index (χ1n) is 6.08. The minimum Gasteiger partial charge on any atom is -0.346 e. The van der Waals surface area contributed by atoms with Crippen LogP contribution in [-0.2, 0) is 10.3 Å². The number of halogens is 4. The second kappa shape index (κ2) is 5.85. The van der Waals surface area contributed by atoms with Crippen LogP contribution in [0.3, 0.4) is 0 Å². The lowest BCUT2D eigenvalue weighted by Crippen LogP contribution is -2.51. The molecular formula is C13H13ClF3NOS. The summed E-state index contributed by atoms with van der Waals surface area (Å²) < 4.78 is 36.2. The van der Waals surface area contributed by atoms with Crippen molar-refractivity contribution < 1.29 is 18.0 Å². The van der Waals surface area contributed by atoms with Gasteiger partial charge in [0.05, 0.1) is 11.3 Å². The van der Waals surface area contributed by atoms with Crippen LogP contribution >= 0.6 is 23.4 Å². The monoisotopic (exact) mass is 323 g/mol. The van der Waals surface area contributed by atoms with Crippen LogP contribution in [0.25, 0.3) is 0 Å². The van der Waals surface area contributed by atoms with E-state index in [1.54, 1.807) is 24.3 Å². The van der Waals surface area contributed by atoms with Crippen molar-refractivity contribution in [2.24, 2.45) is 0 Å². The highest BCUT2D eigenvalue weighted by atomic mass is 35.5. The van der Waals surface area contributed by atoms with Crippen molar-refractivity contribution in [2.45, 2.75) is 30.3 Å². The molecule has 0 spiro atoms. The number of alkyl halides is 3. The second-order valence-corrected chi connectivity index (χ2v) is 6.20. The first-order chi connectivity index (χ1) is 9.31. The Morgan fingerprint density at radius 2 is 1.90 bits per heavy atom. The lowest BCUT2D eigenvalue weighted by molar-refractivity contribution is -0.122. The first kappa shape index (κ1) is 15.5. The molecule has 0 radical (unpaired) electrons. The van der Waals surface area contributed by atoms with Crippen LogP contribution in [0.4, 0.5) is 13.2 Å². The van der Waals surface area contributed by atoms with E-state index in [-0.39, 0.29) is 11.8 Å². The Morgan fingerprint density at radius 3 is 2.35 bits per heavy atom. The Labute approximate surface area is 124 Å². The standard InChI is InChI=1S/C13H13ClF3NOS/c14-10-4-2-9(3-5-10)12(6-1-7-12)18-11(19)8-20-13(15,16)17/h2-5H,1,6-8H2,(H,18,19). The average molecular weight is 324 g/mol. The van der Waals surface area contributed by atoms with Gasteiger partial charge in [0.15, 0.2) is 0 Å². The predicted octanol–water partition coefficient (Wildman–Crippen LogP) is 4.09. The summed E-state index contributed by atoms with van der Waals surface area (Å²) in [5, 5.41) is 3.32. The summed E-state index contributed by atoms with van der Waals surface area (Å²) in [7, 11) is 0. The summed E-state index contributed by atoms with van der Waals surface area (Å²) in [4.78, 5) is 11.7. The second-order valence-electron chi connectivity index (χ2n) is 4.73. The van der Waals surface area contributed by atoms with Gasteiger partial charge >= 0.3 is 5.51 Å². The maximum atomic E-state index is 12.1. The van der Waals surface area contributed by atoms with E-state index in [0.717, 1.165) is 24.8 Å². The molecule has 1 aromatic rings. The highest BCUT2D eigenvalue weighted by Crippen LogP contribution is 2.41. The SMILES string of the molecule is O=C(CSC(F)(F)F)NC1(c2ccc(Cl)cc2)CCC1. The molecule has 2 rings (SSSR count). The topological polar surface area (TPSA) is 29.1 Å². The first-order valence-corrected chi connectivity index (χ1v) is 7.45. The maximum Gasteiger partial charge on any atom is 0.442 e. The summed E-state index contributed by atoms with van der Waals surface area (Å²) >= 11 is 5.49. The number of carbonyl (C=O) groups excluding carboxylic acids is 1. The lowest BCUT2D eigenvalue weighted by Gasteiger charge is -2.43. The Kier molecular flexibility index (Phi) is 4.54. The molecule has 0 bridgehead atoms. The lowest BCUT2D eigenvalue weighted by atomic mass is 9.72. The Morgan fingerprint density at radius 1 is 1.30 bits per heavy atom. The van der Waals surface area contributed by atoms with Crippen LogP contribution in [0.1, 0.15) is 24.8 Å². The number of carbonyl (C=O) groups is 1. The number of amides is 1. The molecule has 1 aromatic carbocycles. The fourth-order valence-electron chi connectivity index (χ4n) is 2.24. The third kappa shape index (κ3) is 3.82. The Balaban J connectivity index is 2.01. The number of hydrogen-bond acceptors (Lipinski definition) is 2. The molecule has 0 atom stereocenters. The van der Waals surface area contributed by atoms with Gasteiger partial charge in [0.25, 0.3) is 0 Å². The molecule has 20 heavy (non-hydrogen) atoms. The van der Waals surface area contributed by atoms with E-state index in [4.69, 9.17) is 11.6 Å². The van der Waals surface area contributed by atoms with Crippen molar-refractivity contribution in [3.05, 3.63) is 34.9 Å². The highest BCUT2D eigenvalue weighted by Gasteiger charge is 2.40. The molecule has 0 unspecified atom stereocenters. The quantitative estimate of drug-likeness (QED) is 0.904. The molecule has 7 heteroatoms. The molecule has 1 aliphatic carbocycles. The number of rotatable bonds is 4. The molecule has 1 saturated carbocycles. The minimum absolute atomic E-state index is 0.319. The maximum absolute atomic E-state index is 12.1. The highest BCUT2D eigenvalue weighted by molar-refractivity contribution is 8.00. The van der Waals surface area contributed by atoms with Crippen LogP contribution in [0, 0.1) is 0 Å². The Hall–Kier alpha value is -0.880. The van der Waals surface area contributed by atoms with Gasteiger partial charge in [0.1, 0.15) is 0 Å². The molecular weight excluding hydrogens is 311 g/mol. The van der Waals surface area contributed by atoms with E-state index in [2.05, 4.69) is 5.32 Å².